The second-order valence-electron chi connectivity index (χ2n) is 2.13. The van der Waals surface area contributed by atoms with Crippen LogP contribution in [0.2, 0.25) is 0 Å². The Bertz CT molecular complexity index is 355. The van der Waals surface area contributed by atoms with Crippen molar-refractivity contribution in [2.75, 3.05) is 5.32 Å². The van der Waals surface area contributed by atoms with Gasteiger partial charge in [-0.2, -0.15) is 0 Å². The van der Waals surface area contributed by atoms with E-state index >= 15 is 0 Å². The molecule has 0 fully saturated rings. The Morgan fingerprint density at radius 2 is 2.08 bits per heavy atom. The summed E-state index contributed by atoms with van der Waals surface area (Å²) in [6.45, 7) is 0. The third kappa shape index (κ3) is 3.14. The zero-order valence-corrected chi connectivity index (χ0v) is 8.02. The Morgan fingerprint density at radius 3 is 2.62 bits per heavy atom. The molecule has 0 saturated heterocycles. The van der Waals surface area contributed by atoms with Crippen molar-refractivity contribution in [3.05, 3.63) is 39.2 Å². The molecule has 0 atom stereocenters. The number of benzene rings is 1. The van der Waals surface area contributed by atoms with Gasteiger partial charge in [-0.15, -0.1) is 0 Å². The molecule has 2 amide bonds. The summed E-state index contributed by atoms with van der Waals surface area (Å²) in [7, 11) is 0. The molecule has 1 rings (SSSR count). The fourth-order valence-corrected chi connectivity index (χ4v) is 0.987. The van der Waals surface area contributed by atoms with E-state index in [9.17, 15) is 4.79 Å². The molecule has 13 heavy (non-hydrogen) atoms. The van der Waals surface area contributed by atoms with E-state index in [1.165, 1.54) is 0 Å². The first-order chi connectivity index (χ1) is 6.22. The summed E-state index contributed by atoms with van der Waals surface area (Å²) in [6, 6.07) is 6.20. The fraction of sp³-hybridized carbons (Fsp3) is 0. The minimum atomic E-state index is -0.718. The van der Waals surface area contributed by atoms with Crippen LogP contribution in [-0.4, -0.2) is 6.03 Å². The Labute approximate surface area is 82.5 Å². The maximum absolute atomic E-state index is 10.8. The number of halogens is 1. The highest BCUT2D eigenvalue weighted by molar-refractivity contribution is 9.10. The third-order valence-corrected chi connectivity index (χ3v) is 1.76. The molecule has 66 valence electrons. The van der Waals surface area contributed by atoms with Crippen LogP contribution < -0.4 is 5.32 Å². The molecular formula is C7H5BrN4O. The third-order valence-electron chi connectivity index (χ3n) is 1.23. The Kier molecular flexibility index (Phi) is 3.31. The number of urea groups is 1. The summed E-state index contributed by atoms with van der Waals surface area (Å²) in [6.07, 6.45) is 0. The molecule has 0 aliphatic rings. The number of nitrogens with zero attached hydrogens (tertiary/aromatic N) is 3. The van der Waals surface area contributed by atoms with E-state index in [4.69, 9.17) is 5.53 Å². The van der Waals surface area contributed by atoms with Crippen molar-refractivity contribution in [3.63, 3.8) is 0 Å². The van der Waals surface area contributed by atoms with Crippen LogP contribution in [0.25, 0.3) is 10.4 Å². The number of rotatable bonds is 1. The van der Waals surface area contributed by atoms with E-state index < -0.39 is 6.03 Å². The standard InChI is InChI=1S/C7H5BrN4O/c8-5-1-3-6(4-2-5)10-7(13)11-12-9/h1-4H,(H,10,13). The highest BCUT2D eigenvalue weighted by atomic mass is 79.9. The molecule has 1 aromatic rings. The minimum Gasteiger partial charge on any atom is -0.321 e. The number of amides is 2. The van der Waals surface area contributed by atoms with Gasteiger partial charge in [-0.25, -0.2) is 0 Å². The van der Waals surface area contributed by atoms with Gasteiger partial charge in [-0.3, -0.25) is 4.79 Å². The number of carbonyl (C=O) groups is 1. The normalized spacial score (nSPS) is 8.69. The Morgan fingerprint density at radius 1 is 1.46 bits per heavy atom. The number of azide groups is 1. The summed E-state index contributed by atoms with van der Waals surface area (Å²) in [5.41, 5.74) is 8.53. The number of hydrogen-bond acceptors (Lipinski definition) is 1. The molecule has 0 aliphatic heterocycles. The van der Waals surface area contributed by atoms with Crippen molar-refractivity contribution in [2.45, 2.75) is 0 Å². The van der Waals surface area contributed by atoms with Crippen molar-refractivity contribution in [2.24, 2.45) is 5.11 Å². The highest BCUT2D eigenvalue weighted by Gasteiger charge is 1.96. The van der Waals surface area contributed by atoms with Gasteiger partial charge in [-0.05, 0) is 29.8 Å². The van der Waals surface area contributed by atoms with Gasteiger partial charge in [0.05, 0.1) is 0 Å². The minimum absolute atomic E-state index is 0.584. The lowest BCUT2D eigenvalue weighted by molar-refractivity contribution is 0.259. The average molecular weight is 241 g/mol. The SMILES string of the molecule is [N-]=[N+]=NC(=O)Nc1ccc(Br)cc1. The monoisotopic (exact) mass is 240 g/mol. The number of anilines is 1. The summed E-state index contributed by atoms with van der Waals surface area (Å²) in [4.78, 5) is 13.1. The predicted octanol–water partition coefficient (Wildman–Crippen LogP) is 3.29. The number of hydrogen-bond donors (Lipinski definition) is 1. The fourth-order valence-electron chi connectivity index (χ4n) is 0.722. The molecular weight excluding hydrogens is 236 g/mol. The lowest BCUT2D eigenvalue weighted by Gasteiger charge is -1.99. The summed E-state index contributed by atoms with van der Waals surface area (Å²) < 4.78 is 0.911. The summed E-state index contributed by atoms with van der Waals surface area (Å²) in [5.74, 6) is 0. The lowest BCUT2D eigenvalue weighted by Crippen LogP contribution is -2.04. The van der Waals surface area contributed by atoms with Crippen LogP contribution in [0.5, 0.6) is 0 Å². The van der Waals surface area contributed by atoms with E-state index in [0.717, 1.165) is 4.47 Å². The van der Waals surface area contributed by atoms with Gasteiger partial charge in [0.1, 0.15) is 0 Å². The van der Waals surface area contributed by atoms with Crippen LogP contribution in [-0.2, 0) is 0 Å². The molecule has 0 unspecified atom stereocenters. The van der Waals surface area contributed by atoms with Crippen molar-refractivity contribution in [1.29, 1.82) is 0 Å². The molecule has 0 radical (unpaired) electrons. The van der Waals surface area contributed by atoms with Crippen LogP contribution in [0, 0.1) is 0 Å². The van der Waals surface area contributed by atoms with Crippen LogP contribution in [0.4, 0.5) is 10.5 Å². The smallest absolute Gasteiger partial charge is 0.312 e. The van der Waals surface area contributed by atoms with Crippen molar-refractivity contribution >= 4 is 27.6 Å². The van der Waals surface area contributed by atoms with Crippen molar-refractivity contribution < 1.29 is 4.79 Å². The van der Waals surface area contributed by atoms with Crippen molar-refractivity contribution in [3.8, 4) is 0 Å². The molecule has 1 aromatic carbocycles. The van der Waals surface area contributed by atoms with Crippen LogP contribution in [0.3, 0.4) is 0 Å². The van der Waals surface area contributed by atoms with Gasteiger partial charge < -0.3 is 5.32 Å². The molecule has 0 aromatic heterocycles. The Balaban J connectivity index is 2.69. The van der Waals surface area contributed by atoms with E-state index in [2.05, 4.69) is 31.3 Å². The van der Waals surface area contributed by atoms with E-state index in [-0.39, 0.29) is 0 Å². The first-order valence-corrected chi connectivity index (χ1v) is 4.13. The van der Waals surface area contributed by atoms with Crippen LogP contribution >= 0.6 is 15.9 Å². The zero-order chi connectivity index (χ0) is 9.68. The molecule has 0 heterocycles. The largest absolute Gasteiger partial charge is 0.321 e. The lowest BCUT2D eigenvalue weighted by atomic mass is 10.3. The maximum Gasteiger partial charge on any atom is 0.312 e. The highest BCUT2D eigenvalue weighted by Crippen LogP contribution is 2.13. The molecule has 5 nitrogen and oxygen atoms in total. The molecule has 0 bridgehead atoms. The molecule has 6 heteroatoms. The summed E-state index contributed by atoms with van der Waals surface area (Å²) >= 11 is 3.25. The topological polar surface area (TPSA) is 77.9 Å². The quantitative estimate of drug-likeness (QED) is 0.457. The first kappa shape index (κ1) is 9.57. The van der Waals surface area contributed by atoms with Gasteiger partial charge in [0.2, 0.25) is 0 Å². The molecule has 0 aliphatic carbocycles. The molecule has 0 spiro atoms. The first-order valence-electron chi connectivity index (χ1n) is 3.34. The summed E-state index contributed by atoms with van der Waals surface area (Å²) in [5, 5.41) is 5.25. The van der Waals surface area contributed by atoms with Crippen LogP contribution in [0.15, 0.2) is 33.9 Å². The average Bonchev–Trinajstić information content (AvgIpc) is 2.09. The molecule has 1 N–H and O–H groups in total. The maximum atomic E-state index is 10.8. The Hall–Kier alpha value is -1.52. The predicted molar refractivity (Wildman–Crippen MR) is 52.3 cm³/mol. The molecule has 0 saturated carbocycles. The second-order valence-corrected chi connectivity index (χ2v) is 3.04. The van der Waals surface area contributed by atoms with E-state index in [0.29, 0.717) is 5.69 Å². The second kappa shape index (κ2) is 4.49. The van der Waals surface area contributed by atoms with Gasteiger partial charge >= 0.3 is 6.03 Å². The van der Waals surface area contributed by atoms with Gasteiger partial charge in [0.25, 0.3) is 0 Å². The van der Waals surface area contributed by atoms with E-state index in [1.54, 1.807) is 24.3 Å². The van der Waals surface area contributed by atoms with Crippen molar-refractivity contribution in [1.82, 2.24) is 0 Å². The number of carbonyl (C=O) groups excluding carboxylic acids is 1. The van der Waals surface area contributed by atoms with E-state index in [1.807, 2.05) is 0 Å². The van der Waals surface area contributed by atoms with Gasteiger partial charge in [-0.1, -0.05) is 15.9 Å². The van der Waals surface area contributed by atoms with Gasteiger partial charge in [0.15, 0.2) is 0 Å². The zero-order valence-electron chi connectivity index (χ0n) is 6.44. The van der Waals surface area contributed by atoms with Gasteiger partial charge in [0, 0.05) is 20.2 Å². The number of nitrogens with one attached hydrogen (secondary N) is 1. The van der Waals surface area contributed by atoms with Crippen LogP contribution in [0.1, 0.15) is 0 Å².